The Hall–Kier alpha value is -1.04. The van der Waals surface area contributed by atoms with Crippen LogP contribution < -0.4 is 0 Å². The van der Waals surface area contributed by atoms with Crippen LogP contribution in [0, 0.1) is 40.9 Å². The second kappa shape index (κ2) is 5.39. The Labute approximate surface area is 122 Å². The van der Waals surface area contributed by atoms with Crippen LogP contribution in [0.15, 0.2) is 0 Å². The van der Waals surface area contributed by atoms with Gasteiger partial charge >= 0.3 is 0 Å². The summed E-state index contributed by atoms with van der Waals surface area (Å²) in [6.45, 7) is 4.76. The fourth-order valence-electron chi connectivity index (χ4n) is 5.38. The van der Waals surface area contributed by atoms with Gasteiger partial charge in [0.05, 0.1) is 12.0 Å². The van der Waals surface area contributed by atoms with Gasteiger partial charge in [0.15, 0.2) is 0 Å². The number of hydrogen-bond donors (Lipinski definition) is 0. The quantitative estimate of drug-likeness (QED) is 0.790. The fourth-order valence-corrected chi connectivity index (χ4v) is 5.38. The summed E-state index contributed by atoms with van der Waals surface area (Å²) in [4.78, 5) is 14.7. The largest absolute Gasteiger partial charge is 0.339 e. The number of nitrogens with zero attached hydrogens (tertiary/aromatic N) is 2. The van der Waals surface area contributed by atoms with Crippen LogP contribution >= 0.6 is 0 Å². The first kappa shape index (κ1) is 13.9. The van der Waals surface area contributed by atoms with Gasteiger partial charge in [-0.15, -0.1) is 0 Å². The van der Waals surface area contributed by atoms with Crippen molar-refractivity contribution in [3.05, 3.63) is 0 Å². The van der Waals surface area contributed by atoms with Crippen LogP contribution in [0.1, 0.15) is 52.4 Å². The van der Waals surface area contributed by atoms with Crippen molar-refractivity contribution in [2.75, 3.05) is 6.54 Å². The van der Waals surface area contributed by atoms with E-state index in [0.717, 1.165) is 30.2 Å². The number of nitriles is 1. The lowest BCUT2D eigenvalue weighted by Gasteiger charge is -2.57. The summed E-state index contributed by atoms with van der Waals surface area (Å²) in [5.74, 6) is 3.42. The van der Waals surface area contributed by atoms with Crippen LogP contribution in [-0.2, 0) is 4.79 Å². The average molecular weight is 274 g/mol. The van der Waals surface area contributed by atoms with E-state index in [1.807, 2.05) is 6.92 Å². The second-order valence-corrected chi connectivity index (χ2v) is 7.34. The van der Waals surface area contributed by atoms with Crippen molar-refractivity contribution in [3.8, 4) is 6.07 Å². The summed E-state index contributed by atoms with van der Waals surface area (Å²) in [7, 11) is 0. The van der Waals surface area contributed by atoms with Gasteiger partial charge < -0.3 is 4.90 Å². The summed E-state index contributed by atoms with van der Waals surface area (Å²) < 4.78 is 0. The maximum absolute atomic E-state index is 12.5. The van der Waals surface area contributed by atoms with Crippen molar-refractivity contribution in [1.82, 2.24) is 4.90 Å². The molecule has 4 saturated carbocycles. The van der Waals surface area contributed by atoms with Crippen molar-refractivity contribution in [2.24, 2.45) is 29.6 Å². The Balaban J connectivity index is 1.73. The fraction of sp³-hybridized carbons (Fsp3) is 0.882. The van der Waals surface area contributed by atoms with E-state index < -0.39 is 0 Å². The van der Waals surface area contributed by atoms with Crippen molar-refractivity contribution < 1.29 is 4.79 Å². The second-order valence-electron chi connectivity index (χ2n) is 7.34. The van der Waals surface area contributed by atoms with E-state index in [1.54, 1.807) is 0 Å². The monoisotopic (exact) mass is 274 g/mol. The molecule has 0 N–H and O–H groups in total. The molecule has 110 valence electrons. The van der Waals surface area contributed by atoms with Crippen molar-refractivity contribution in [2.45, 2.75) is 58.4 Å². The van der Waals surface area contributed by atoms with E-state index in [-0.39, 0.29) is 11.8 Å². The summed E-state index contributed by atoms with van der Waals surface area (Å²) in [6.07, 6.45) is 7.22. The predicted octanol–water partition coefficient (Wildman–Crippen LogP) is 3.21. The van der Waals surface area contributed by atoms with E-state index in [4.69, 9.17) is 5.26 Å². The molecule has 0 aliphatic heterocycles. The van der Waals surface area contributed by atoms with E-state index >= 15 is 0 Å². The number of amides is 1. The summed E-state index contributed by atoms with van der Waals surface area (Å²) in [6, 6.07) is 2.67. The molecule has 1 amide bonds. The molecular weight excluding hydrogens is 248 g/mol. The highest BCUT2D eigenvalue weighted by Crippen LogP contribution is 2.55. The number of carbonyl (C=O) groups excluding carboxylic acids is 1. The molecule has 1 unspecified atom stereocenters. The van der Waals surface area contributed by atoms with Crippen LogP contribution in [0.3, 0.4) is 0 Å². The van der Waals surface area contributed by atoms with Crippen LogP contribution in [0.4, 0.5) is 0 Å². The molecule has 0 saturated heterocycles. The molecule has 0 aromatic heterocycles. The maximum atomic E-state index is 12.5. The van der Waals surface area contributed by atoms with Gasteiger partial charge in [0, 0.05) is 19.0 Å². The molecule has 4 aliphatic carbocycles. The Morgan fingerprint density at radius 2 is 1.75 bits per heavy atom. The van der Waals surface area contributed by atoms with Gasteiger partial charge in [0.25, 0.3) is 0 Å². The summed E-state index contributed by atoms with van der Waals surface area (Å²) in [5, 5.41) is 8.93. The van der Waals surface area contributed by atoms with Gasteiger partial charge in [-0.1, -0.05) is 0 Å². The molecule has 4 fully saturated rings. The topological polar surface area (TPSA) is 44.1 Å². The lowest BCUT2D eigenvalue weighted by molar-refractivity contribution is -0.143. The molecule has 0 spiro atoms. The smallest absolute Gasteiger partial charge is 0.224 e. The Morgan fingerprint density at radius 1 is 1.20 bits per heavy atom. The number of rotatable bonds is 4. The lowest BCUT2D eigenvalue weighted by Crippen LogP contribution is -2.57. The Kier molecular flexibility index (Phi) is 3.75. The molecule has 0 aromatic carbocycles. The standard InChI is InChI=1S/C17H26N2O/c1-3-19(16(20)4-11(2)10-18)17-14-6-12-5-13(8-14)9-15(17)7-12/h11-15,17H,3-9H2,1-2H3. The van der Waals surface area contributed by atoms with Gasteiger partial charge in [-0.25, -0.2) is 0 Å². The minimum Gasteiger partial charge on any atom is -0.339 e. The maximum Gasteiger partial charge on any atom is 0.224 e. The zero-order chi connectivity index (χ0) is 14.3. The van der Waals surface area contributed by atoms with E-state index in [9.17, 15) is 4.79 Å². The highest BCUT2D eigenvalue weighted by atomic mass is 16.2. The Morgan fingerprint density at radius 3 is 2.20 bits per heavy atom. The van der Waals surface area contributed by atoms with Crippen LogP contribution in [-0.4, -0.2) is 23.4 Å². The normalized spacial score (nSPS) is 39.4. The third-order valence-corrected chi connectivity index (χ3v) is 5.90. The first-order chi connectivity index (χ1) is 9.62. The SMILES string of the molecule is CCN(C(=O)CC(C)C#N)C1C2CC3CC(C2)CC1C3. The first-order valence-corrected chi connectivity index (χ1v) is 8.31. The summed E-state index contributed by atoms with van der Waals surface area (Å²) >= 11 is 0. The third-order valence-electron chi connectivity index (χ3n) is 5.90. The summed E-state index contributed by atoms with van der Waals surface area (Å²) in [5.41, 5.74) is 0. The zero-order valence-corrected chi connectivity index (χ0v) is 12.7. The minimum atomic E-state index is -0.159. The molecule has 4 rings (SSSR count). The molecule has 1 atom stereocenters. The van der Waals surface area contributed by atoms with Gasteiger partial charge in [-0.3, -0.25) is 4.79 Å². The van der Waals surface area contributed by atoms with Crippen LogP contribution in [0.25, 0.3) is 0 Å². The lowest BCUT2D eigenvalue weighted by atomic mass is 9.54. The van der Waals surface area contributed by atoms with Crippen LogP contribution in [0.5, 0.6) is 0 Å². The molecule has 3 nitrogen and oxygen atoms in total. The number of hydrogen-bond acceptors (Lipinski definition) is 2. The highest BCUT2D eigenvalue weighted by molar-refractivity contribution is 5.77. The average Bonchev–Trinajstić information content (AvgIpc) is 2.41. The van der Waals surface area contributed by atoms with E-state index in [1.165, 1.54) is 32.1 Å². The van der Waals surface area contributed by atoms with Gasteiger partial charge in [0.2, 0.25) is 5.91 Å². The van der Waals surface area contributed by atoms with Crippen molar-refractivity contribution >= 4 is 5.91 Å². The predicted molar refractivity (Wildman–Crippen MR) is 77.6 cm³/mol. The van der Waals surface area contributed by atoms with Gasteiger partial charge in [0.1, 0.15) is 0 Å². The van der Waals surface area contributed by atoms with Crippen LogP contribution in [0.2, 0.25) is 0 Å². The minimum absolute atomic E-state index is 0.159. The first-order valence-electron chi connectivity index (χ1n) is 8.31. The molecule has 4 bridgehead atoms. The molecular formula is C17H26N2O. The van der Waals surface area contributed by atoms with Crippen molar-refractivity contribution in [3.63, 3.8) is 0 Å². The molecule has 4 aliphatic rings. The number of carbonyl (C=O) groups is 1. The molecule has 20 heavy (non-hydrogen) atoms. The molecule has 0 aromatic rings. The van der Waals surface area contributed by atoms with Crippen molar-refractivity contribution in [1.29, 1.82) is 5.26 Å². The van der Waals surface area contributed by atoms with Gasteiger partial charge in [-0.05, 0) is 69.6 Å². The molecule has 3 heteroatoms. The van der Waals surface area contributed by atoms with Gasteiger partial charge in [-0.2, -0.15) is 5.26 Å². The third kappa shape index (κ3) is 2.34. The van der Waals surface area contributed by atoms with E-state index in [2.05, 4.69) is 17.9 Å². The molecule has 0 radical (unpaired) electrons. The Bertz CT molecular complexity index is 397. The van der Waals surface area contributed by atoms with E-state index in [0.29, 0.717) is 12.5 Å². The zero-order valence-electron chi connectivity index (χ0n) is 12.7. The highest BCUT2D eigenvalue weighted by Gasteiger charge is 2.50. The molecule has 0 heterocycles.